The summed E-state index contributed by atoms with van der Waals surface area (Å²) in [6.45, 7) is 12.9. The Labute approximate surface area is 129 Å². The predicted molar refractivity (Wildman–Crippen MR) is 86.0 cm³/mol. The van der Waals surface area contributed by atoms with Crippen molar-refractivity contribution >= 4 is 11.9 Å². The number of hydrogen-bond acceptors (Lipinski definition) is 3. The van der Waals surface area contributed by atoms with E-state index in [1.54, 1.807) is 0 Å². The van der Waals surface area contributed by atoms with Crippen LogP contribution in [0.2, 0.25) is 0 Å². The van der Waals surface area contributed by atoms with Crippen molar-refractivity contribution in [3.63, 3.8) is 0 Å². The summed E-state index contributed by atoms with van der Waals surface area (Å²) >= 11 is 0. The van der Waals surface area contributed by atoms with Gasteiger partial charge in [0.15, 0.2) is 0 Å². The number of likely N-dealkylation sites (N-methyl/N-ethyl adjacent to an activating group) is 1. The molecule has 0 heterocycles. The van der Waals surface area contributed by atoms with Gasteiger partial charge in [0.25, 0.3) is 0 Å². The average molecular weight is 300 g/mol. The highest BCUT2D eigenvalue weighted by molar-refractivity contribution is 5.78. The standard InChI is InChI=1S/C15H32N4O2/c1-12(2)13(20)19(9-7-8-17-14(16)21)11-10-18(6)15(3,4)5/h12H,7-11H2,1-6H3,(H3,16,17,21). The molecule has 0 aromatic heterocycles. The van der Waals surface area contributed by atoms with Gasteiger partial charge in [-0.25, -0.2) is 4.79 Å². The highest BCUT2D eigenvalue weighted by atomic mass is 16.2. The normalized spacial score (nSPS) is 11.8. The highest BCUT2D eigenvalue weighted by Gasteiger charge is 2.20. The number of nitrogens with zero attached hydrogens (tertiary/aromatic N) is 2. The maximum atomic E-state index is 12.2. The molecule has 0 radical (unpaired) electrons. The fourth-order valence-electron chi connectivity index (χ4n) is 1.78. The Morgan fingerprint density at radius 2 is 1.71 bits per heavy atom. The van der Waals surface area contributed by atoms with Crippen molar-refractivity contribution in [2.45, 2.75) is 46.6 Å². The van der Waals surface area contributed by atoms with Gasteiger partial charge in [0.05, 0.1) is 0 Å². The van der Waals surface area contributed by atoms with Crippen LogP contribution in [0.3, 0.4) is 0 Å². The molecule has 0 rings (SSSR count). The zero-order valence-electron chi connectivity index (χ0n) is 14.4. The fourth-order valence-corrected chi connectivity index (χ4v) is 1.78. The lowest BCUT2D eigenvalue weighted by molar-refractivity contribution is -0.134. The summed E-state index contributed by atoms with van der Waals surface area (Å²) in [7, 11) is 2.06. The lowest BCUT2D eigenvalue weighted by Gasteiger charge is -2.34. The van der Waals surface area contributed by atoms with Crippen molar-refractivity contribution in [3.05, 3.63) is 0 Å². The van der Waals surface area contributed by atoms with Crippen LogP contribution in [0.25, 0.3) is 0 Å². The molecule has 3 amide bonds. The minimum Gasteiger partial charge on any atom is -0.352 e. The van der Waals surface area contributed by atoms with Crippen molar-refractivity contribution in [2.75, 3.05) is 33.2 Å². The lowest BCUT2D eigenvalue weighted by atomic mass is 10.1. The van der Waals surface area contributed by atoms with Crippen LogP contribution >= 0.6 is 0 Å². The van der Waals surface area contributed by atoms with E-state index in [-0.39, 0.29) is 17.4 Å². The second-order valence-electron chi connectivity index (χ2n) is 6.72. The highest BCUT2D eigenvalue weighted by Crippen LogP contribution is 2.10. The van der Waals surface area contributed by atoms with Crippen LogP contribution in [-0.2, 0) is 4.79 Å². The van der Waals surface area contributed by atoms with Crippen LogP contribution in [-0.4, -0.2) is 60.5 Å². The molecule has 21 heavy (non-hydrogen) atoms. The second kappa shape index (κ2) is 8.87. The Morgan fingerprint density at radius 1 is 1.14 bits per heavy atom. The van der Waals surface area contributed by atoms with E-state index in [1.807, 2.05) is 18.7 Å². The summed E-state index contributed by atoms with van der Waals surface area (Å²) in [5.74, 6) is 0.130. The summed E-state index contributed by atoms with van der Waals surface area (Å²) in [5.41, 5.74) is 5.11. The molecule has 3 N–H and O–H groups in total. The molecular weight excluding hydrogens is 268 g/mol. The molecule has 0 saturated carbocycles. The first-order valence-corrected chi connectivity index (χ1v) is 7.59. The van der Waals surface area contributed by atoms with Gasteiger partial charge < -0.3 is 16.0 Å². The first-order chi connectivity index (χ1) is 9.55. The lowest BCUT2D eigenvalue weighted by Crippen LogP contribution is -2.45. The van der Waals surface area contributed by atoms with Gasteiger partial charge in [-0.05, 0) is 34.2 Å². The summed E-state index contributed by atoms with van der Waals surface area (Å²) in [4.78, 5) is 27.0. The monoisotopic (exact) mass is 300 g/mol. The number of carbonyl (C=O) groups is 2. The van der Waals surface area contributed by atoms with Crippen molar-refractivity contribution in [2.24, 2.45) is 11.7 Å². The van der Waals surface area contributed by atoms with Gasteiger partial charge in [0.1, 0.15) is 0 Å². The Bertz CT molecular complexity index is 337. The van der Waals surface area contributed by atoms with Crippen LogP contribution < -0.4 is 11.1 Å². The molecule has 6 heteroatoms. The molecule has 0 unspecified atom stereocenters. The Kier molecular flexibility index (Phi) is 8.32. The van der Waals surface area contributed by atoms with Crippen LogP contribution in [0.15, 0.2) is 0 Å². The average Bonchev–Trinajstić information content (AvgIpc) is 2.35. The maximum Gasteiger partial charge on any atom is 0.312 e. The number of carbonyl (C=O) groups excluding carboxylic acids is 2. The Morgan fingerprint density at radius 3 is 2.14 bits per heavy atom. The molecule has 0 spiro atoms. The van der Waals surface area contributed by atoms with E-state index >= 15 is 0 Å². The SMILES string of the molecule is CC(C)C(=O)N(CCCNC(N)=O)CCN(C)C(C)(C)C. The van der Waals surface area contributed by atoms with Gasteiger partial charge in [-0.2, -0.15) is 0 Å². The molecule has 0 saturated heterocycles. The molecule has 124 valence electrons. The molecule has 0 aromatic carbocycles. The van der Waals surface area contributed by atoms with Crippen LogP contribution in [0, 0.1) is 5.92 Å². The van der Waals surface area contributed by atoms with Gasteiger partial charge in [-0.1, -0.05) is 13.8 Å². The Hall–Kier alpha value is -1.30. The van der Waals surface area contributed by atoms with Gasteiger partial charge in [0.2, 0.25) is 5.91 Å². The molecule has 0 aliphatic rings. The molecule has 0 atom stereocenters. The third-order valence-electron chi connectivity index (χ3n) is 3.56. The van der Waals surface area contributed by atoms with E-state index in [9.17, 15) is 9.59 Å². The number of primary amides is 1. The minimum atomic E-state index is -0.524. The van der Waals surface area contributed by atoms with E-state index in [1.165, 1.54) is 0 Å². The summed E-state index contributed by atoms with van der Waals surface area (Å²) in [6.07, 6.45) is 0.709. The number of urea groups is 1. The number of nitrogens with two attached hydrogens (primary N) is 1. The molecular formula is C15H32N4O2. The summed E-state index contributed by atoms with van der Waals surface area (Å²) < 4.78 is 0. The van der Waals surface area contributed by atoms with Crippen molar-refractivity contribution in [1.82, 2.24) is 15.1 Å². The number of nitrogens with one attached hydrogen (secondary N) is 1. The number of rotatable bonds is 8. The molecule has 0 aromatic rings. The summed E-state index contributed by atoms with van der Waals surface area (Å²) in [6, 6.07) is -0.524. The molecule has 0 aliphatic heterocycles. The van der Waals surface area contributed by atoms with E-state index < -0.39 is 6.03 Å². The van der Waals surface area contributed by atoms with Crippen molar-refractivity contribution in [1.29, 1.82) is 0 Å². The summed E-state index contributed by atoms with van der Waals surface area (Å²) in [5, 5.41) is 2.55. The van der Waals surface area contributed by atoms with Gasteiger partial charge in [0, 0.05) is 37.6 Å². The second-order valence-corrected chi connectivity index (χ2v) is 6.72. The van der Waals surface area contributed by atoms with Gasteiger partial charge in [-0.15, -0.1) is 0 Å². The number of amides is 3. The van der Waals surface area contributed by atoms with E-state index in [0.29, 0.717) is 26.1 Å². The number of hydrogen-bond donors (Lipinski definition) is 2. The van der Waals surface area contributed by atoms with Crippen LogP contribution in [0.1, 0.15) is 41.0 Å². The quantitative estimate of drug-likeness (QED) is 0.662. The Balaban J connectivity index is 4.40. The first kappa shape index (κ1) is 19.7. The van der Waals surface area contributed by atoms with Crippen LogP contribution in [0.4, 0.5) is 4.79 Å². The van der Waals surface area contributed by atoms with E-state index in [0.717, 1.165) is 6.54 Å². The van der Waals surface area contributed by atoms with E-state index in [4.69, 9.17) is 5.73 Å². The molecule has 6 nitrogen and oxygen atoms in total. The minimum absolute atomic E-state index is 0.0194. The van der Waals surface area contributed by atoms with Gasteiger partial charge >= 0.3 is 6.03 Å². The third-order valence-corrected chi connectivity index (χ3v) is 3.56. The smallest absolute Gasteiger partial charge is 0.312 e. The molecule has 0 bridgehead atoms. The largest absolute Gasteiger partial charge is 0.352 e. The van der Waals surface area contributed by atoms with E-state index in [2.05, 4.69) is 38.0 Å². The van der Waals surface area contributed by atoms with Crippen molar-refractivity contribution < 1.29 is 9.59 Å². The molecule has 0 fully saturated rings. The molecule has 0 aliphatic carbocycles. The third kappa shape index (κ3) is 8.55. The first-order valence-electron chi connectivity index (χ1n) is 7.59. The van der Waals surface area contributed by atoms with Crippen molar-refractivity contribution in [3.8, 4) is 0 Å². The maximum absolute atomic E-state index is 12.2. The predicted octanol–water partition coefficient (Wildman–Crippen LogP) is 1.26. The fraction of sp³-hybridized carbons (Fsp3) is 0.867. The van der Waals surface area contributed by atoms with Gasteiger partial charge in [-0.3, -0.25) is 9.69 Å². The zero-order chi connectivity index (χ0) is 16.6. The zero-order valence-corrected chi connectivity index (χ0v) is 14.4. The van der Waals surface area contributed by atoms with Crippen LogP contribution in [0.5, 0.6) is 0 Å². The topological polar surface area (TPSA) is 78.7 Å².